The summed E-state index contributed by atoms with van der Waals surface area (Å²) in [6, 6.07) is 21.2. The zero-order valence-electron chi connectivity index (χ0n) is 18.5. The van der Waals surface area contributed by atoms with Gasteiger partial charge in [-0.25, -0.2) is 4.79 Å². The van der Waals surface area contributed by atoms with Crippen LogP contribution in [-0.2, 0) is 9.53 Å². The Morgan fingerprint density at radius 2 is 1.44 bits per heavy atom. The maximum Gasteiger partial charge on any atom is 0.340 e. The van der Waals surface area contributed by atoms with Gasteiger partial charge in [0, 0.05) is 6.92 Å². The number of benzene rings is 3. The molecular formula is C26H25NO5. The van der Waals surface area contributed by atoms with E-state index in [1.807, 2.05) is 30.3 Å². The molecule has 1 N–H and O–H groups in total. The summed E-state index contributed by atoms with van der Waals surface area (Å²) in [5.41, 5.74) is 1.74. The summed E-state index contributed by atoms with van der Waals surface area (Å²) in [5.74, 6) is -1.47. The zero-order valence-corrected chi connectivity index (χ0v) is 18.5. The number of carbonyl (C=O) groups excluding carboxylic acids is 3. The standard InChI is InChI=1S/C26H25NO5/c1-17(28)31-23-13-9-8-12-21(23)24(29)27-22-16-19(18-10-6-5-7-11-18)14-15-20(22)25(30)32-26(2,3)4/h5-16H,1-4H3,(H,27,29). The van der Waals surface area contributed by atoms with E-state index in [-0.39, 0.29) is 16.9 Å². The number of hydrogen-bond donors (Lipinski definition) is 1. The van der Waals surface area contributed by atoms with Crippen LogP contribution in [0.25, 0.3) is 11.1 Å². The molecule has 0 fully saturated rings. The largest absolute Gasteiger partial charge is 0.456 e. The van der Waals surface area contributed by atoms with Crippen molar-refractivity contribution < 1.29 is 23.9 Å². The molecule has 0 bridgehead atoms. The lowest BCUT2D eigenvalue weighted by Crippen LogP contribution is -2.25. The molecule has 6 nitrogen and oxygen atoms in total. The van der Waals surface area contributed by atoms with E-state index >= 15 is 0 Å². The van der Waals surface area contributed by atoms with E-state index in [0.29, 0.717) is 5.69 Å². The molecule has 164 valence electrons. The molecular weight excluding hydrogens is 406 g/mol. The number of nitrogens with one attached hydrogen (secondary N) is 1. The van der Waals surface area contributed by atoms with Crippen molar-refractivity contribution in [1.82, 2.24) is 0 Å². The third-order valence-electron chi connectivity index (χ3n) is 4.38. The number of amides is 1. The van der Waals surface area contributed by atoms with Crippen LogP contribution in [0.5, 0.6) is 5.75 Å². The Hall–Kier alpha value is -3.93. The van der Waals surface area contributed by atoms with Crippen molar-refractivity contribution in [1.29, 1.82) is 0 Å². The van der Waals surface area contributed by atoms with Crippen LogP contribution >= 0.6 is 0 Å². The summed E-state index contributed by atoms with van der Waals surface area (Å²) >= 11 is 0. The van der Waals surface area contributed by atoms with Crippen molar-refractivity contribution in [2.45, 2.75) is 33.3 Å². The number of esters is 2. The summed E-state index contributed by atoms with van der Waals surface area (Å²) in [6.07, 6.45) is 0. The number of hydrogen-bond acceptors (Lipinski definition) is 5. The number of para-hydroxylation sites is 1. The van der Waals surface area contributed by atoms with E-state index in [1.165, 1.54) is 13.0 Å². The Kier molecular flexibility index (Phi) is 6.73. The molecule has 0 aliphatic heterocycles. The molecule has 0 radical (unpaired) electrons. The minimum absolute atomic E-state index is 0.135. The first-order chi connectivity index (χ1) is 15.1. The quantitative estimate of drug-likeness (QED) is 0.427. The average molecular weight is 431 g/mol. The third-order valence-corrected chi connectivity index (χ3v) is 4.38. The second-order valence-corrected chi connectivity index (χ2v) is 8.17. The molecule has 0 unspecified atom stereocenters. The van der Waals surface area contributed by atoms with Crippen LogP contribution in [0.3, 0.4) is 0 Å². The molecule has 0 saturated carbocycles. The predicted octanol–water partition coefficient (Wildman–Crippen LogP) is 5.49. The van der Waals surface area contributed by atoms with Crippen molar-refractivity contribution in [2.24, 2.45) is 0 Å². The summed E-state index contributed by atoms with van der Waals surface area (Å²) in [5, 5.41) is 2.79. The Morgan fingerprint density at radius 3 is 2.09 bits per heavy atom. The van der Waals surface area contributed by atoms with Gasteiger partial charge >= 0.3 is 11.9 Å². The summed E-state index contributed by atoms with van der Waals surface area (Å²) in [7, 11) is 0. The van der Waals surface area contributed by atoms with E-state index in [2.05, 4.69) is 5.32 Å². The molecule has 3 aromatic rings. The highest BCUT2D eigenvalue weighted by atomic mass is 16.6. The van der Waals surface area contributed by atoms with Crippen LogP contribution in [-0.4, -0.2) is 23.4 Å². The van der Waals surface area contributed by atoms with Crippen LogP contribution in [0, 0.1) is 0 Å². The smallest absolute Gasteiger partial charge is 0.340 e. The van der Waals surface area contributed by atoms with Gasteiger partial charge in [-0.05, 0) is 56.2 Å². The van der Waals surface area contributed by atoms with E-state index in [0.717, 1.165) is 11.1 Å². The predicted molar refractivity (Wildman–Crippen MR) is 123 cm³/mol. The van der Waals surface area contributed by atoms with Crippen molar-refractivity contribution in [2.75, 3.05) is 5.32 Å². The number of rotatable bonds is 5. The van der Waals surface area contributed by atoms with Gasteiger partial charge in [0.1, 0.15) is 11.4 Å². The summed E-state index contributed by atoms with van der Waals surface area (Å²) in [4.78, 5) is 37.3. The molecule has 0 aliphatic carbocycles. The highest BCUT2D eigenvalue weighted by Crippen LogP contribution is 2.29. The van der Waals surface area contributed by atoms with Gasteiger partial charge in [-0.3, -0.25) is 9.59 Å². The second kappa shape index (κ2) is 9.47. The zero-order chi connectivity index (χ0) is 23.3. The lowest BCUT2D eigenvalue weighted by Gasteiger charge is -2.21. The van der Waals surface area contributed by atoms with Gasteiger partial charge in [0.05, 0.1) is 16.8 Å². The lowest BCUT2D eigenvalue weighted by atomic mass is 10.0. The first-order valence-electron chi connectivity index (χ1n) is 10.2. The Labute approximate surface area is 187 Å². The van der Waals surface area contributed by atoms with Gasteiger partial charge in [0.25, 0.3) is 5.91 Å². The highest BCUT2D eigenvalue weighted by Gasteiger charge is 2.23. The fourth-order valence-corrected chi connectivity index (χ4v) is 3.06. The molecule has 0 saturated heterocycles. The fourth-order valence-electron chi connectivity index (χ4n) is 3.06. The monoisotopic (exact) mass is 431 g/mol. The molecule has 0 spiro atoms. The van der Waals surface area contributed by atoms with E-state index < -0.39 is 23.4 Å². The number of anilines is 1. The second-order valence-electron chi connectivity index (χ2n) is 8.17. The first kappa shape index (κ1) is 22.7. The Balaban J connectivity index is 2.01. The molecule has 0 aliphatic rings. The van der Waals surface area contributed by atoms with Gasteiger partial charge in [0.15, 0.2) is 0 Å². The fraction of sp³-hybridized carbons (Fsp3) is 0.192. The maximum atomic E-state index is 13.1. The molecule has 3 aromatic carbocycles. The molecule has 0 aromatic heterocycles. The van der Waals surface area contributed by atoms with E-state index in [4.69, 9.17) is 9.47 Å². The highest BCUT2D eigenvalue weighted by molar-refractivity contribution is 6.10. The van der Waals surface area contributed by atoms with Crippen molar-refractivity contribution in [3.8, 4) is 16.9 Å². The summed E-state index contributed by atoms with van der Waals surface area (Å²) < 4.78 is 10.7. The first-order valence-corrected chi connectivity index (χ1v) is 10.2. The van der Waals surface area contributed by atoms with Crippen LogP contribution in [0.1, 0.15) is 48.4 Å². The van der Waals surface area contributed by atoms with Gasteiger partial charge in [-0.15, -0.1) is 0 Å². The van der Waals surface area contributed by atoms with Gasteiger partial charge < -0.3 is 14.8 Å². The van der Waals surface area contributed by atoms with Gasteiger partial charge in [0.2, 0.25) is 0 Å². The molecule has 32 heavy (non-hydrogen) atoms. The summed E-state index contributed by atoms with van der Waals surface area (Å²) in [6.45, 7) is 6.59. The normalized spacial score (nSPS) is 10.9. The van der Waals surface area contributed by atoms with E-state index in [9.17, 15) is 14.4 Å². The van der Waals surface area contributed by atoms with Crippen LogP contribution in [0.4, 0.5) is 5.69 Å². The molecule has 0 atom stereocenters. The minimum atomic E-state index is -0.696. The molecule has 6 heteroatoms. The van der Waals surface area contributed by atoms with Crippen LogP contribution in [0.15, 0.2) is 72.8 Å². The lowest BCUT2D eigenvalue weighted by molar-refractivity contribution is -0.131. The van der Waals surface area contributed by atoms with Gasteiger partial charge in [-0.2, -0.15) is 0 Å². The average Bonchev–Trinajstić information content (AvgIpc) is 2.73. The molecule has 3 rings (SSSR count). The Morgan fingerprint density at radius 1 is 0.781 bits per heavy atom. The van der Waals surface area contributed by atoms with Crippen LogP contribution in [0.2, 0.25) is 0 Å². The Bertz CT molecular complexity index is 1150. The molecule has 0 heterocycles. The number of carbonyl (C=O) groups is 3. The van der Waals surface area contributed by atoms with Crippen molar-refractivity contribution >= 4 is 23.5 Å². The van der Waals surface area contributed by atoms with Crippen LogP contribution < -0.4 is 10.1 Å². The third kappa shape index (κ3) is 5.82. The topological polar surface area (TPSA) is 81.7 Å². The minimum Gasteiger partial charge on any atom is -0.456 e. The van der Waals surface area contributed by atoms with E-state index in [1.54, 1.807) is 57.2 Å². The van der Waals surface area contributed by atoms with Gasteiger partial charge in [-0.1, -0.05) is 48.5 Å². The number of ether oxygens (including phenoxy) is 2. The van der Waals surface area contributed by atoms with Crippen molar-refractivity contribution in [3.05, 3.63) is 83.9 Å². The van der Waals surface area contributed by atoms with Crippen molar-refractivity contribution in [3.63, 3.8) is 0 Å². The molecule has 1 amide bonds. The maximum absolute atomic E-state index is 13.1. The SMILES string of the molecule is CC(=O)Oc1ccccc1C(=O)Nc1cc(-c2ccccc2)ccc1C(=O)OC(C)(C)C.